The molecule has 8 nitrogen and oxygen atoms in total. The van der Waals surface area contributed by atoms with Gasteiger partial charge >= 0.3 is 0 Å². The molecule has 0 saturated heterocycles. The molecule has 0 aromatic carbocycles. The van der Waals surface area contributed by atoms with Crippen LogP contribution in [0.4, 0.5) is 0 Å². The Bertz CT molecular complexity index is 773. The summed E-state index contributed by atoms with van der Waals surface area (Å²) in [5, 5.41) is 13.6. The summed E-state index contributed by atoms with van der Waals surface area (Å²) in [7, 11) is 1.26. The predicted octanol–water partition coefficient (Wildman–Crippen LogP) is 9.00. The van der Waals surface area contributed by atoms with E-state index in [2.05, 4.69) is 19.2 Å². The third-order valence-electron chi connectivity index (χ3n) is 8.50. The molecule has 274 valence electrons. The highest BCUT2D eigenvalue weighted by molar-refractivity contribution is 7.45. The molecule has 0 aliphatic heterocycles. The lowest BCUT2D eigenvalue weighted by atomic mass is 10.0. The monoisotopic (exact) mass is 675 g/mol. The lowest BCUT2D eigenvalue weighted by Gasteiger charge is -2.29. The Labute approximate surface area is 284 Å². The number of carbonyl (C=O) groups is 1. The summed E-state index contributed by atoms with van der Waals surface area (Å²) in [6.07, 6.45) is 31.2. The zero-order chi connectivity index (χ0) is 34.4. The van der Waals surface area contributed by atoms with Crippen LogP contribution < -0.4 is 10.2 Å². The first-order chi connectivity index (χ1) is 22.0. The molecule has 0 saturated carbocycles. The van der Waals surface area contributed by atoms with E-state index in [1.165, 1.54) is 109 Å². The fourth-order valence-electron chi connectivity index (χ4n) is 5.39. The molecule has 46 heavy (non-hydrogen) atoms. The predicted molar refractivity (Wildman–Crippen MR) is 192 cm³/mol. The molecular formula is C37H75N2O6P. The fraction of sp³-hybridized carbons (Fsp3) is 0.919. The first kappa shape index (κ1) is 45.2. The molecule has 0 rings (SSSR count). The van der Waals surface area contributed by atoms with Crippen molar-refractivity contribution in [3.63, 3.8) is 0 Å². The molecule has 9 heteroatoms. The van der Waals surface area contributed by atoms with E-state index < -0.39 is 20.0 Å². The maximum Gasteiger partial charge on any atom is 0.268 e. The minimum Gasteiger partial charge on any atom is -0.756 e. The van der Waals surface area contributed by atoms with E-state index in [1.54, 1.807) is 6.08 Å². The lowest BCUT2D eigenvalue weighted by Crippen LogP contribution is -2.45. The van der Waals surface area contributed by atoms with Crippen molar-refractivity contribution in [3.05, 3.63) is 12.2 Å². The van der Waals surface area contributed by atoms with Gasteiger partial charge in [0.15, 0.2) is 0 Å². The Hall–Kier alpha value is -0.760. The van der Waals surface area contributed by atoms with Crippen molar-refractivity contribution < 1.29 is 32.9 Å². The molecule has 0 aliphatic rings. The van der Waals surface area contributed by atoms with Crippen molar-refractivity contribution in [2.24, 2.45) is 0 Å². The van der Waals surface area contributed by atoms with E-state index in [0.29, 0.717) is 17.4 Å². The standard InChI is InChI=1S/C37H75N2O6P/c1-6-8-10-12-14-15-16-17-18-19-20-21-22-23-25-26-28-30-36(40)35(34-45-46(42,43)44-33-32-39(3,4)5)38-37(41)31-29-27-24-13-11-9-7-2/h28,30,35-36,40H,6-27,29,31-34H2,1-5H3,(H-,38,41,42,43)/b30-28+. The molecule has 3 atom stereocenters. The first-order valence-corrected chi connectivity index (χ1v) is 20.5. The Morgan fingerprint density at radius 3 is 1.63 bits per heavy atom. The lowest BCUT2D eigenvalue weighted by molar-refractivity contribution is -0.870. The quantitative estimate of drug-likeness (QED) is 0.0305. The number of aliphatic hydroxyl groups excluding tert-OH is 1. The van der Waals surface area contributed by atoms with E-state index in [9.17, 15) is 19.4 Å². The maximum atomic E-state index is 12.7. The highest BCUT2D eigenvalue weighted by atomic mass is 31.2. The molecule has 0 aromatic heterocycles. The van der Waals surface area contributed by atoms with Gasteiger partial charge in [-0.05, 0) is 19.3 Å². The zero-order valence-corrected chi connectivity index (χ0v) is 31.7. The Morgan fingerprint density at radius 2 is 1.17 bits per heavy atom. The second kappa shape index (κ2) is 30.3. The average Bonchev–Trinajstić information content (AvgIpc) is 2.99. The molecule has 0 aliphatic carbocycles. The van der Waals surface area contributed by atoms with Gasteiger partial charge in [0.25, 0.3) is 7.82 Å². The van der Waals surface area contributed by atoms with Crippen LogP contribution in [0.5, 0.6) is 0 Å². The van der Waals surface area contributed by atoms with Crippen LogP contribution in [0.3, 0.4) is 0 Å². The largest absolute Gasteiger partial charge is 0.756 e. The third kappa shape index (κ3) is 31.8. The Morgan fingerprint density at radius 1 is 0.739 bits per heavy atom. The molecular weight excluding hydrogens is 599 g/mol. The third-order valence-corrected chi connectivity index (χ3v) is 9.46. The molecule has 0 aromatic rings. The van der Waals surface area contributed by atoms with Crippen molar-refractivity contribution in [2.75, 3.05) is 40.9 Å². The number of nitrogens with zero attached hydrogens (tertiary/aromatic N) is 1. The molecule has 0 bridgehead atoms. The summed E-state index contributed by atoms with van der Waals surface area (Å²) in [6.45, 7) is 4.58. The van der Waals surface area contributed by atoms with Gasteiger partial charge in [-0.2, -0.15) is 0 Å². The summed E-state index contributed by atoms with van der Waals surface area (Å²) in [6, 6.07) is -0.876. The number of unbranched alkanes of at least 4 members (excludes halogenated alkanes) is 21. The van der Waals surface area contributed by atoms with Gasteiger partial charge in [-0.1, -0.05) is 154 Å². The van der Waals surface area contributed by atoms with E-state index in [0.717, 1.165) is 38.5 Å². The number of hydrogen-bond donors (Lipinski definition) is 2. The van der Waals surface area contributed by atoms with Crippen molar-refractivity contribution in [3.8, 4) is 0 Å². The van der Waals surface area contributed by atoms with Crippen LogP contribution >= 0.6 is 7.82 Å². The first-order valence-electron chi connectivity index (χ1n) is 19.1. The topological polar surface area (TPSA) is 108 Å². The number of hydrogen-bond acceptors (Lipinski definition) is 6. The van der Waals surface area contributed by atoms with Gasteiger partial charge < -0.3 is 28.8 Å². The Balaban J connectivity index is 4.42. The number of rotatable bonds is 34. The molecule has 2 N–H and O–H groups in total. The summed E-state index contributed by atoms with van der Waals surface area (Å²) >= 11 is 0. The van der Waals surface area contributed by atoms with E-state index in [1.807, 2.05) is 27.2 Å². The molecule has 0 heterocycles. The van der Waals surface area contributed by atoms with Crippen LogP contribution in [-0.4, -0.2) is 68.5 Å². The highest BCUT2D eigenvalue weighted by Crippen LogP contribution is 2.38. The van der Waals surface area contributed by atoms with Crippen molar-refractivity contribution in [1.82, 2.24) is 5.32 Å². The number of quaternary nitrogens is 1. The van der Waals surface area contributed by atoms with Gasteiger partial charge in [-0.25, -0.2) is 0 Å². The van der Waals surface area contributed by atoms with Crippen LogP contribution in [-0.2, 0) is 18.4 Å². The Kier molecular flexibility index (Phi) is 29.8. The number of aliphatic hydroxyl groups is 1. The summed E-state index contributed by atoms with van der Waals surface area (Å²) in [5.74, 6) is -0.205. The fourth-order valence-corrected chi connectivity index (χ4v) is 6.11. The highest BCUT2D eigenvalue weighted by Gasteiger charge is 2.23. The number of carbonyl (C=O) groups excluding carboxylic acids is 1. The normalized spacial score (nSPS) is 14.8. The average molecular weight is 675 g/mol. The van der Waals surface area contributed by atoms with Gasteiger partial charge in [0.05, 0.1) is 39.9 Å². The van der Waals surface area contributed by atoms with Crippen molar-refractivity contribution >= 4 is 13.7 Å². The second-order valence-corrected chi connectivity index (χ2v) is 15.7. The summed E-state index contributed by atoms with van der Waals surface area (Å²) in [5.41, 5.74) is 0. The van der Waals surface area contributed by atoms with E-state index in [-0.39, 0.29) is 19.1 Å². The second-order valence-electron chi connectivity index (χ2n) is 14.3. The van der Waals surface area contributed by atoms with Crippen LogP contribution in [0.25, 0.3) is 0 Å². The molecule has 0 fully saturated rings. The maximum absolute atomic E-state index is 12.7. The number of phosphoric ester groups is 1. The van der Waals surface area contributed by atoms with Gasteiger partial charge in [-0.3, -0.25) is 9.36 Å². The van der Waals surface area contributed by atoms with Crippen LogP contribution in [0.2, 0.25) is 0 Å². The van der Waals surface area contributed by atoms with Crippen LogP contribution in [0.15, 0.2) is 12.2 Å². The number of amides is 1. The van der Waals surface area contributed by atoms with Gasteiger partial charge in [-0.15, -0.1) is 0 Å². The van der Waals surface area contributed by atoms with Crippen LogP contribution in [0.1, 0.15) is 168 Å². The number of phosphoric acid groups is 1. The molecule has 3 unspecified atom stereocenters. The zero-order valence-electron chi connectivity index (χ0n) is 30.8. The SMILES string of the molecule is CCCCCCCCCCCCCCCCC/C=C/C(O)C(COP(=O)([O-])OCC[N+](C)(C)C)NC(=O)CCCCCCCCC. The molecule has 0 spiro atoms. The molecule has 0 radical (unpaired) electrons. The minimum atomic E-state index is -4.57. The van der Waals surface area contributed by atoms with Crippen molar-refractivity contribution in [1.29, 1.82) is 0 Å². The summed E-state index contributed by atoms with van der Waals surface area (Å²) < 4.78 is 23.0. The number of allylic oxidation sites excluding steroid dienone is 1. The minimum absolute atomic E-state index is 0.00126. The smallest absolute Gasteiger partial charge is 0.268 e. The van der Waals surface area contributed by atoms with Crippen LogP contribution in [0, 0.1) is 0 Å². The van der Waals surface area contributed by atoms with Gasteiger partial charge in [0, 0.05) is 6.42 Å². The molecule has 1 amide bonds. The van der Waals surface area contributed by atoms with Gasteiger partial charge in [0.2, 0.25) is 5.91 Å². The van der Waals surface area contributed by atoms with E-state index >= 15 is 0 Å². The van der Waals surface area contributed by atoms with Crippen molar-refractivity contribution in [2.45, 2.75) is 180 Å². The van der Waals surface area contributed by atoms with Gasteiger partial charge in [0.1, 0.15) is 13.2 Å². The summed E-state index contributed by atoms with van der Waals surface area (Å²) in [4.78, 5) is 25.0. The van der Waals surface area contributed by atoms with E-state index in [4.69, 9.17) is 9.05 Å². The number of nitrogens with one attached hydrogen (secondary N) is 1. The number of likely N-dealkylation sites (N-methyl/N-ethyl adjacent to an activating group) is 1.